The van der Waals surface area contributed by atoms with E-state index >= 15 is 0 Å². The lowest BCUT2D eigenvalue weighted by Crippen LogP contribution is -2.34. The molecule has 1 N–H and O–H groups in total. The van der Waals surface area contributed by atoms with E-state index in [1.165, 1.54) is 0 Å². The number of benzene rings is 1. The number of aliphatic hydroxyl groups is 1. The fraction of sp³-hybridized carbons (Fsp3) is 0.571. The Bertz CT molecular complexity index is 339. The van der Waals surface area contributed by atoms with Crippen LogP contribution in [0.3, 0.4) is 0 Å². The maximum atomic E-state index is 10.2. The number of hydrogen-bond acceptors (Lipinski definition) is 3. The Balaban J connectivity index is 2.71. The first-order chi connectivity index (χ1) is 8.08. The maximum Gasteiger partial charge on any atom is 0.119 e. The van der Waals surface area contributed by atoms with Crippen molar-refractivity contribution in [2.24, 2.45) is 0 Å². The van der Waals surface area contributed by atoms with E-state index in [1.807, 2.05) is 24.3 Å². The fourth-order valence-electron chi connectivity index (χ4n) is 1.88. The van der Waals surface area contributed by atoms with Crippen molar-refractivity contribution >= 4 is 0 Å². The Morgan fingerprint density at radius 3 is 2.59 bits per heavy atom. The summed E-state index contributed by atoms with van der Waals surface area (Å²) in [4.78, 5) is 2.24. The van der Waals surface area contributed by atoms with Crippen LogP contribution in [0.1, 0.15) is 32.4 Å². The molecule has 0 aliphatic rings. The van der Waals surface area contributed by atoms with Crippen LogP contribution in [0.4, 0.5) is 0 Å². The summed E-state index contributed by atoms with van der Waals surface area (Å²) in [6.45, 7) is 7.99. The van der Waals surface area contributed by atoms with Gasteiger partial charge in [-0.3, -0.25) is 4.90 Å². The van der Waals surface area contributed by atoms with Crippen molar-refractivity contribution in [3.63, 3.8) is 0 Å². The van der Waals surface area contributed by atoms with Crippen LogP contribution in [0, 0.1) is 0 Å². The van der Waals surface area contributed by atoms with Crippen molar-refractivity contribution in [1.29, 1.82) is 0 Å². The molecule has 1 unspecified atom stereocenters. The molecule has 0 saturated heterocycles. The van der Waals surface area contributed by atoms with Crippen molar-refractivity contribution in [3.8, 4) is 5.75 Å². The molecule has 0 saturated carbocycles. The summed E-state index contributed by atoms with van der Waals surface area (Å²) in [6, 6.07) is 8.06. The third kappa shape index (κ3) is 4.02. The summed E-state index contributed by atoms with van der Waals surface area (Å²) in [6.07, 6.45) is -0.465. The van der Waals surface area contributed by atoms with Crippen LogP contribution in [-0.2, 0) is 0 Å². The minimum absolute atomic E-state index is 0.445. The third-order valence-electron chi connectivity index (χ3n) is 3.02. The van der Waals surface area contributed by atoms with Crippen LogP contribution >= 0.6 is 0 Å². The average Bonchev–Trinajstić information content (AvgIpc) is 2.35. The highest BCUT2D eigenvalue weighted by atomic mass is 16.5. The van der Waals surface area contributed by atoms with Gasteiger partial charge in [0.1, 0.15) is 5.75 Å². The second kappa shape index (κ2) is 6.62. The van der Waals surface area contributed by atoms with E-state index < -0.39 is 6.10 Å². The van der Waals surface area contributed by atoms with Crippen LogP contribution in [-0.4, -0.2) is 36.2 Å². The second-order valence-electron chi connectivity index (χ2n) is 4.47. The Labute approximate surface area is 104 Å². The SMILES string of the molecule is CCN(CC(O)c1cccc(OC)c1)C(C)C. The highest BCUT2D eigenvalue weighted by Gasteiger charge is 2.14. The Hall–Kier alpha value is -1.06. The maximum absolute atomic E-state index is 10.2. The predicted molar refractivity (Wildman–Crippen MR) is 70.3 cm³/mol. The minimum atomic E-state index is -0.465. The van der Waals surface area contributed by atoms with Crippen LogP contribution in [0.15, 0.2) is 24.3 Å². The van der Waals surface area contributed by atoms with Gasteiger partial charge in [-0.15, -0.1) is 0 Å². The van der Waals surface area contributed by atoms with E-state index in [0.717, 1.165) is 17.9 Å². The molecular formula is C14H23NO2. The molecular weight excluding hydrogens is 214 g/mol. The molecule has 1 atom stereocenters. The van der Waals surface area contributed by atoms with E-state index in [2.05, 4.69) is 25.7 Å². The molecule has 0 fully saturated rings. The van der Waals surface area contributed by atoms with Crippen LogP contribution in [0.5, 0.6) is 5.75 Å². The number of nitrogens with zero attached hydrogens (tertiary/aromatic N) is 1. The lowest BCUT2D eigenvalue weighted by Gasteiger charge is -2.27. The van der Waals surface area contributed by atoms with Gasteiger partial charge in [0.2, 0.25) is 0 Å². The number of aliphatic hydroxyl groups excluding tert-OH is 1. The van der Waals surface area contributed by atoms with E-state index in [-0.39, 0.29) is 0 Å². The molecule has 1 rings (SSSR count). The number of ether oxygens (including phenoxy) is 1. The second-order valence-corrected chi connectivity index (χ2v) is 4.47. The van der Waals surface area contributed by atoms with E-state index in [9.17, 15) is 5.11 Å². The van der Waals surface area contributed by atoms with Gasteiger partial charge in [0.05, 0.1) is 13.2 Å². The Kier molecular flexibility index (Phi) is 5.45. The third-order valence-corrected chi connectivity index (χ3v) is 3.02. The molecule has 0 spiro atoms. The zero-order valence-corrected chi connectivity index (χ0v) is 11.2. The number of hydrogen-bond donors (Lipinski definition) is 1. The molecule has 0 aromatic heterocycles. The first-order valence-corrected chi connectivity index (χ1v) is 6.14. The average molecular weight is 237 g/mol. The summed E-state index contributed by atoms with van der Waals surface area (Å²) >= 11 is 0. The van der Waals surface area contributed by atoms with Crippen LogP contribution in [0.2, 0.25) is 0 Å². The van der Waals surface area contributed by atoms with Crippen LogP contribution in [0.25, 0.3) is 0 Å². The standard InChI is InChI=1S/C14H23NO2/c1-5-15(11(2)3)10-14(16)12-7-6-8-13(9-12)17-4/h6-9,11,14,16H,5,10H2,1-4H3. The van der Waals surface area contributed by atoms with E-state index in [0.29, 0.717) is 12.6 Å². The Morgan fingerprint density at radius 2 is 2.06 bits per heavy atom. The van der Waals surface area contributed by atoms with Crippen molar-refractivity contribution in [2.45, 2.75) is 32.9 Å². The minimum Gasteiger partial charge on any atom is -0.497 e. The van der Waals surface area contributed by atoms with Gasteiger partial charge in [-0.1, -0.05) is 19.1 Å². The normalized spacial score (nSPS) is 13.1. The van der Waals surface area contributed by atoms with Crippen molar-refractivity contribution in [1.82, 2.24) is 4.90 Å². The molecule has 96 valence electrons. The zero-order chi connectivity index (χ0) is 12.8. The topological polar surface area (TPSA) is 32.7 Å². The molecule has 0 aliphatic heterocycles. The molecule has 0 bridgehead atoms. The molecule has 0 radical (unpaired) electrons. The van der Waals surface area contributed by atoms with Gasteiger partial charge in [-0.2, -0.15) is 0 Å². The van der Waals surface area contributed by atoms with Gasteiger partial charge in [-0.25, -0.2) is 0 Å². The van der Waals surface area contributed by atoms with Gasteiger partial charge in [0.15, 0.2) is 0 Å². The van der Waals surface area contributed by atoms with Gasteiger partial charge in [-0.05, 0) is 38.1 Å². The van der Waals surface area contributed by atoms with E-state index in [1.54, 1.807) is 7.11 Å². The number of likely N-dealkylation sites (N-methyl/N-ethyl adjacent to an activating group) is 1. The van der Waals surface area contributed by atoms with Crippen molar-refractivity contribution in [2.75, 3.05) is 20.2 Å². The highest BCUT2D eigenvalue weighted by Crippen LogP contribution is 2.20. The summed E-state index contributed by atoms with van der Waals surface area (Å²) in [5.74, 6) is 0.786. The lowest BCUT2D eigenvalue weighted by atomic mass is 10.1. The van der Waals surface area contributed by atoms with Gasteiger partial charge >= 0.3 is 0 Å². The molecule has 1 aromatic rings. The molecule has 17 heavy (non-hydrogen) atoms. The monoisotopic (exact) mass is 237 g/mol. The molecule has 0 aliphatic carbocycles. The molecule has 1 aromatic carbocycles. The van der Waals surface area contributed by atoms with Gasteiger partial charge in [0.25, 0.3) is 0 Å². The smallest absolute Gasteiger partial charge is 0.119 e. The van der Waals surface area contributed by atoms with Gasteiger partial charge in [0, 0.05) is 12.6 Å². The van der Waals surface area contributed by atoms with Gasteiger partial charge < -0.3 is 9.84 Å². The first-order valence-electron chi connectivity index (χ1n) is 6.14. The largest absolute Gasteiger partial charge is 0.497 e. The quantitative estimate of drug-likeness (QED) is 0.825. The zero-order valence-electron chi connectivity index (χ0n) is 11.2. The summed E-state index contributed by atoms with van der Waals surface area (Å²) in [5.41, 5.74) is 0.906. The Morgan fingerprint density at radius 1 is 1.35 bits per heavy atom. The molecule has 0 heterocycles. The fourth-order valence-corrected chi connectivity index (χ4v) is 1.88. The number of rotatable bonds is 6. The van der Waals surface area contributed by atoms with Crippen LogP contribution < -0.4 is 4.74 Å². The van der Waals surface area contributed by atoms with E-state index in [4.69, 9.17) is 4.74 Å². The summed E-state index contributed by atoms with van der Waals surface area (Å²) in [7, 11) is 1.64. The molecule has 3 heteroatoms. The number of methoxy groups -OCH3 is 1. The molecule has 0 amide bonds. The summed E-state index contributed by atoms with van der Waals surface area (Å²) in [5, 5.41) is 10.2. The van der Waals surface area contributed by atoms with Crippen molar-refractivity contribution < 1.29 is 9.84 Å². The van der Waals surface area contributed by atoms with Crippen molar-refractivity contribution in [3.05, 3.63) is 29.8 Å². The molecule has 3 nitrogen and oxygen atoms in total. The lowest BCUT2D eigenvalue weighted by molar-refractivity contribution is 0.0990. The summed E-state index contributed by atoms with van der Waals surface area (Å²) < 4.78 is 5.16. The first kappa shape index (κ1) is 14.0. The highest BCUT2D eigenvalue weighted by molar-refractivity contribution is 5.29. The predicted octanol–water partition coefficient (Wildman–Crippen LogP) is 2.46.